The van der Waals surface area contributed by atoms with Crippen molar-refractivity contribution in [2.24, 2.45) is 0 Å². The molecule has 2 aromatic heterocycles. The number of fused-ring (bicyclic) bond motifs is 1. The summed E-state index contributed by atoms with van der Waals surface area (Å²) in [5, 5.41) is 9.03. The first kappa shape index (κ1) is 21.0. The van der Waals surface area contributed by atoms with Gasteiger partial charge in [-0.25, -0.2) is 19.2 Å². The van der Waals surface area contributed by atoms with Crippen molar-refractivity contribution in [2.45, 2.75) is 20.0 Å². The lowest BCUT2D eigenvalue weighted by Gasteiger charge is -2.14. The molecule has 0 saturated heterocycles. The molecule has 0 amide bonds. The molecule has 9 nitrogen and oxygen atoms in total. The van der Waals surface area contributed by atoms with Crippen molar-refractivity contribution < 1.29 is 23.8 Å². The Morgan fingerprint density at radius 3 is 2.78 bits per heavy atom. The number of carboxylic acids is 1. The smallest absolute Gasteiger partial charge is 0.344 e. The lowest BCUT2D eigenvalue weighted by atomic mass is 10.0. The Morgan fingerprint density at radius 2 is 2.03 bits per heavy atom. The van der Waals surface area contributed by atoms with E-state index in [4.69, 9.17) is 14.6 Å². The average Bonchev–Trinajstić information content (AvgIpc) is 3.23. The van der Waals surface area contributed by atoms with Crippen molar-refractivity contribution in [1.82, 2.24) is 19.9 Å². The number of nitrogens with one attached hydrogen (secondary N) is 2. The lowest BCUT2D eigenvalue weighted by Crippen LogP contribution is -2.22. The van der Waals surface area contributed by atoms with Gasteiger partial charge in [0.05, 0.1) is 18.5 Å². The molecule has 164 valence electrons. The summed E-state index contributed by atoms with van der Waals surface area (Å²) in [6.45, 7) is 3.52. The van der Waals surface area contributed by atoms with E-state index in [0.717, 1.165) is 6.07 Å². The van der Waals surface area contributed by atoms with E-state index in [1.165, 1.54) is 19.3 Å². The van der Waals surface area contributed by atoms with E-state index in [-0.39, 0.29) is 11.3 Å². The third-order valence-electron chi connectivity index (χ3n) is 4.69. The number of imidazole rings is 1. The molecule has 4 rings (SSSR count). The zero-order chi connectivity index (χ0) is 22.8. The number of rotatable bonds is 7. The zero-order valence-electron chi connectivity index (χ0n) is 17.2. The Hall–Kier alpha value is -4.21. The quantitative estimate of drug-likeness (QED) is 0.403. The van der Waals surface area contributed by atoms with Gasteiger partial charge in [0, 0.05) is 6.07 Å². The van der Waals surface area contributed by atoms with Crippen LogP contribution in [0.5, 0.6) is 11.5 Å². The maximum absolute atomic E-state index is 14.2. The van der Waals surface area contributed by atoms with E-state index in [2.05, 4.69) is 19.9 Å². The number of H-pyrrole nitrogens is 2. The van der Waals surface area contributed by atoms with Crippen LogP contribution in [0.25, 0.3) is 33.7 Å². The van der Waals surface area contributed by atoms with Crippen LogP contribution in [0.15, 0.2) is 47.5 Å². The number of ether oxygens (including phenoxy) is 2. The predicted octanol–water partition coefficient (Wildman–Crippen LogP) is 3.37. The van der Waals surface area contributed by atoms with E-state index >= 15 is 0 Å². The van der Waals surface area contributed by atoms with Gasteiger partial charge < -0.3 is 24.5 Å². The molecule has 1 atom stereocenters. The molecule has 0 unspecified atom stereocenters. The minimum absolute atomic E-state index is 0.0904. The first-order valence-corrected chi connectivity index (χ1v) is 9.76. The van der Waals surface area contributed by atoms with Gasteiger partial charge in [-0.15, -0.1) is 0 Å². The highest BCUT2D eigenvalue weighted by Crippen LogP contribution is 2.34. The van der Waals surface area contributed by atoms with E-state index in [9.17, 15) is 14.0 Å². The third kappa shape index (κ3) is 4.15. The van der Waals surface area contributed by atoms with Crippen LogP contribution in [0.4, 0.5) is 4.39 Å². The van der Waals surface area contributed by atoms with E-state index in [1.807, 2.05) is 6.92 Å². The molecule has 2 heterocycles. The highest BCUT2D eigenvalue weighted by Gasteiger charge is 2.16. The number of halogens is 1. The van der Waals surface area contributed by atoms with Gasteiger partial charge in [0.25, 0.3) is 5.56 Å². The molecule has 0 aliphatic heterocycles. The molecule has 0 spiro atoms. The van der Waals surface area contributed by atoms with Crippen molar-refractivity contribution >= 4 is 17.1 Å². The number of hydrogen-bond acceptors (Lipinski definition) is 6. The fraction of sp³-hybridized carbons (Fsp3) is 0.182. The number of carbonyl (C=O) groups is 1. The summed E-state index contributed by atoms with van der Waals surface area (Å²) in [5.41, 5.74) is 1.76. The molecular weight excluding hydrogens is 419 g/mol. The van der Waals surface area contributed by atoms with E-state index in [0.29, 0.717) is 40.5 Å². The molecule has 0 aliphatic rings. The second kappa shape index (κ2) is 8.50. The molecule has 0 saturated carbocycles. The van der Waals surface area contributed by atoms with Crippen molar-refractivity contribution in [3.05, 3.63) is 58.9 Å². The SMILES string of the molecule is CCOc1cc(-c2cc(F)cc(O[C@@H](C)C(=O)O)c2)ccc1-c1nc2[nH]cnc2c(=O)[nH]1. The van der Waals surface area contributed by atoms with Gasteiger partial charge in [0.15, 0.2) is 17.3 Å². The zero-order valence-corrected chi connectivity index (χ0v) is 17.2. The molecular formula is C22H19FN4O5. The van der Waals surface area contributed by atoms with Crippen molar-refractivity contribution in [3.8, 4) is 34.0 Å². The Morgan fingerprint density at radius 1 is 1.22 bits per heavy atom. The van der Waals surface area contributed by atoms with Crippen LogP contribution < -0.4 is 15.0 Å². The third-order valence-corrected chi connectivity index (χ3v) is 4.69. The van der Waals surface area contributed by atoms with Crippen LogP contribution in [0, 0.1) is 5.82 Å². The summed E-state index contributed by atoms with van der Waals surface area (Å²) >= 11 is 0. The van der Waals surface area contributed by atoms with Crippen LogP contribution >= 0.6 is 0 Å². The molecule has 2 aromatic carbocycles. The Bertz CT molecular complexity index is 1360. The van der Waals surface area contributed by atoms with Crippen LogP contribution in [0.2, 0.25) is 0 Å². The highest BCUT2D eigenvalue weighted by molar-refractivity contribution is 5.77. The van der Waals surface area contributed by atoms with Gasteiger partial charge >= 0.3 is 5.97 Å². The summed E-state index contributed by atoms with van der Waals surface area (Å²) in [5.74, 6) is -0.923. The van der Waals surface area contributed by atoms with Crippen LogP contribution in [0.3, 0.4) is 0 Å². The first-order chi connectivity index (χ1) is 15.4. The summed E-state index contributed by atoms with van der Waals surface area (Å²) in [6, 6.07) is 9.08. The Kier molecular flexibility index (Phi) is 5.59. The normalized spacial score (nSPS) is 12.0. The summed E-state index contributed by atoms with van der Waals surface area (Å²) in [7, 11) is 0. The van der Waals surface area contributed by atoms with Gasteiger partial charge in [0.1, 0.15) is 23.1 Å². The predicted molar refractivity (Wildman–Crippen MR) is 114 cm³/mol. The average molecular weight is 438 g/mol. The van der Waals surface area contributed by atoms with Crippen molar-refractivity contribution in [3.63, 3.8) is 0 Å². The van der Waals surface area contributed by atoms with Gasteiger partial charge in [-0.3, -0.25) is 4.79 Å². The summed E-state index contributed by atoms with van der Waals surface area (Å²) < 4.78 is 25.3. The maximum Gasteiger partial charge on any atom is 0.344 e. The number of nitrogens with zero attached hydrogens (tertiary/aromatic N) is 2. The minimum Gasteiger partial charge on any atom is -0.493 e. The molecule has 0 aliphatic carbocycles. The fourth-order valence-electron chi connectivity index (χ4n) is 3.20. The minimum atomic E-state index is -1.16. The number of carboxylic acid groups (broad SMARTS) is 1. The highest BCUT2D eigenvalue weighted by atomic mass is 19.1. The summed E-state index contributed by atoms with van der Waals surface area (Å²) in [6.07, 6.45) is 0.254. The maximum atomic E-state index is 14.2. The van der Waals surface area contributed by atoms with Gasteiger partial charge in [-0.05, 0) is 49.2 Å². The van der Waals surface area contributed by atoms with Crippen molar-refractivity contribution in [2.75, 3.05) is 6.61 Å². The molecule has 0 fully saturated rings. The number of benzene rings is 2. The lowest BCUT2D eigenvalue weighted by molar-refractivity contribution is -0.144. The number of aliphatic carboxylic acids is 1. The van der Waals surface area contributed by atoms with Crippen molar-refractivity contribution in [1.29, 1.82) is 0 Å². The van der Waals surface area contributed by atoms with Crippen LogP contribution in [-0.2, 0) is 4.79 Å². The molecule has 10 heteroatoms. The largest absolute Gasteiger partial charge is 0.493 e. The second-order valence-electron chi connectivity index (χ2n) is 6.93. The molecule has 3 N–H and O–H groups in total. The monoisotopic (exact) mass is 438 g/mol. The fourth-order valence-corrected chi connectivity index (χ4v) is 3.20. The molecule has 0 bridgehead atoms. The van der Waals surface area contributed by atoms with Gasteiger partial charge in [0.2, 0.25) is 0 Å². The molecule has 4 aromatic rings. The van der Waals surface area contributed by atoms with Crippen LogP contribution in [0.1, 0.15) is 13.8 Å². The van der Waals surface area contributed by atoms with E-state index < -0.39 is 23.4 Å². The van der Waals surface area contributed by atoms with Crippen LogP contribution in [-0.4, -0.2) is 43.7 Å². The second-order valence-corrected chi connectivity index (χ2v) is 6.93. The van der Waals surface area contributed by atoms with E-state index in [1.54, 1.807) is 24.3 Å². The first-order valence-electron chi connectivity index (χ1n) is 9.76. The topological polar surface area (TPSA) is 130 Å². The molecule has 0 radical (unpaired) electrons. The number of aromatic amines is 2. The Labute approximate surface area is 180 Å². The molecule has 32 heavy (non-hydrogen) atoms. The summed E-state index contributed by atoms with van der Waals surface area (Å²) in [4.78, 5) is 37.2. The van der Waals surface area contributed by atoms with Gasteiger partial charge in [-0.2, -0.15) is 0 Å². The number of aromatic nitrogens is 4. The number of hydrogen-bond donors (Lipinski definition) is 3. The Balaban J connectivity index is 1.77. The standard InChI is InChI=1S/C22H19FN4O5/c1-3-31-17-8-12(13-6-14(23)9-15(7-13)32-11(2)22(29)30)4-5-16(17)19-26-20-18(21(28)27-19)24-10-25-20/h4-11H,3H2,1-2H3,(H,29,30)(H2,24,25,26,27,28)/t11-/m0/s1. The van der Waals surface area contributed by atoms with Gasteiger partial charge in [-0.1, -0.05) is 6.07 Å².